The molecule has 0 radical (unpaired) electrons. The second-order valence-electron chi connectivity index (χ2n) is 3.82. The Hall–Kier alpha value is -1.67. The van der Waals surface area contributed by atoms with Crippen molar-refractivity contribution in [2.45, 2.75) is 19.0 Å². The predicted octanol–water partition coefficient (Wildman–Crippen LogP) is 2.67. The van der Waals surface area contributed by atoms with Crippen molar-refractivity contribution in [2.24, 2.45) is 10.7 Å². The summed E-state index contributed by atoms with van der Waals surface area (Å²) in [5.74, 6) is 0. The van der Waals surface area contributed by atoms with Gasteiger partial charge in [-0.25, -0.2) is 0 Å². The zero-order chi connectivity index (χ0) is 11.2. The Morgan fingerprint density at radius 2 is 2.00 bits per heavy atom. The van der Waals surface area contributed by atoms with Gasteiger partial charge in [0.15, 0.2) is 0 Å². The van der Waals surface area contributed by atoms with Gasteiger partial charge in [-0.1, -0.05) is 48.6 Å². The van der Waals surface area contributed by atoms with Gasteiger partial charge in [0.05, 0.1) is 0 Å². The van der Waals surface area contributed by atoms with Crippen LogP contribution in [0.4, 0.5) is 0 Å². The Morgan fingerprint density at radius 3 is 2.69 bits per heavy atom. The molecule has 0 saturated carbocycles. The molecule has 2 nitrogen and oxygen atoms in total. The minimum absolute atomic E-state index is 0.239. The van der Waals surface area contributed by atoms with Crippen LogP contribution in [0.25, 0.3) is 0 Å². The summed E-state index contributed by atoms with van der Waals surface area (Å²) in [5, 5.41) is 0. The molecule has 0 aliphatic heterocycles. The van der Waals surface area contributed by atoms with E-state index in [0.29, 0.717) is 0 Å². The van der Waals surface area contributed by atoms with E-state index in [1.54, 1.807) is 0 Å². The van der Waals surface area contributed by atoms with E-state index in [4.69, 9.17) is 5.73 Å². The van der Waals surface area contributed by atoms with E-state index in [9.17, 15) is 0 Å². The molecule has 1 unspecified atom stereocenters. The Balaban J connectivity index is 2.02. The molecule has 2 rings (SSSR count). The van der Waals surface area contributed by atoms with Crippen molar-refractivity contribution in [3.05, 3.63) is 59.7 Å². The topological polar surface area (TPSA) is 38.4 Å². The maximum Gasteiger partial charge on any atom is 0.122 e. The highest BCUT2D eigenvalue weighted by molar-refractivity contribution is 5.79. The maximum absolute atomic E-state index is 5.98. The summed E-state index contributed by atoms with van der Waals surface area (Å²) in [5.41, 5.74) is 8.17. The van der Waals surface area contributed by atoms with Crippen LogP contribution in [0.5, 0.6) is 0 Å². The van der Waals surface area contributed by atoms with Gasteiger partial charge in [0.25, 0.3) is 0 Å². The van der Waals surface area contributed by atoms with Crippen molar-refractivity contribution < 1.29 is 0 Å². The highest BCUT2D eigenvalue weighted by Crippen LogP contribution is 2.12. The molecule has 0 amide bonds. The van der Waals surface area contributed by atoms with Gasteiger partial charge in [-0.15, -0.1) is 0 Å². The molecule has 82 valence electrons. The molecule has 16 heavy (non-hydrogen) atoms. The summed E-state index contributed by atoms with van der Waals surface area (Å²) in [7, 11) is 0. The lowest BCUT2D eigenvalue weighted by molar-refractivity contribution is 0.823. The second-order valence-corrected chi connectivity index (χ2v) is 3.82. The molecular weight excluding hydrogens is 196 g/mol. The molecule has 0 aromatic heterocycles. The van der Waals surface area contributed by atoms with E-state index in [1.165, 1.54) is 0 Å². The molecule has 1 aromatic rings. The summed E-state index contributed by atoms with van der Waals surface area (Å²) >= 11 is 0. The van der Waals surface area contributed by atoms with Crippen LogP contribution in [0.1, 0.15) is 18.4 Å². The van der Waals surface area contributed by atoms with Crippen molar-refractivity contribution in [3.8, 4) is 0 Å². The third-order valence-corrected chi connectivity index (χ3v) is 2.55. The number of benzene rings is 1. The number of allylic oxidation sites excluding steroid dienone is 2. The number of nitrogens with two attached hydrogens (primary N) is 1. The lowest BCUT2D eigenvalue weighted by Crippen LogP contribution is -2.20. The third kappa shape index (κ3) is 2.91. The van der Waals surface area contributed by atoms with Crippen molar-refractivity contribution in [1.82, 2.24) is 0 Å². The first kappa shape index (κ1) is 10.8. The summed E-state index contributed by atoms with van der Waals surface area (Å²) < 4.78 is 0. The van der Waals surface area contributed by atoms with Crippen LogP contribution in [0.2, 0.25) is 0 Å². The zero-order valence-electron chi connectivity index (χ0n) is 9.21. The first-order valence-corrected chi connectivity index (χ1v) is 5.56. The van der Waals surface area contributed by atoms with Gasteiger partial charge in [-0.05, 0) is 24.0 Å². The molecule has 2 N–H and O–H groups in total. The van der Waals surface area contributed by atoms with Crippen molar-refractivity contribution >= 4 is 6.21 Å². The normalized spacial score (nSPS) is 17.4. The Kier molecular flexibility index (Phi) is 3.67. The molecule has 0 heterocycles. The fourth-order valence-electron chi connectivity index (χ4n) is 1.64. The van der Waals surface area contributed by atoms with Crippen LogP contribution in [0.15, 0.2) is 59.1 Å². The number of hydrogen-bond donors (Lipinski definition) is 1. The number of hydrogen-bond acceptors (Lipinski definition) is 2. The van der Waals surface area contributed by atoms with Gasteiger partial charge in [-0.2, -0.15) is 0 Å². The fourth-order valence-corrected chi connectivity index (χ4v) is 1.64. The summed E-state index contributed by atoms with van der Waals surface area (Å²) in [6.45, 7) is 0. The monoisotopic (exact) mass is 212 g/mol. The lowest BCUT2D eigenvalue weighted by atomic mass is 10.1. The molecular formula is C14H16N2. The standard InChI is InChI=1S/C14H16N2/c15-14(13-9-5-2-6-10-13)16-11-12-7-3-1-4-8-12/h1,3-5,7-11,14H,2,6,15H2. The van der Waals surface area contributed by atoms with Crippen LogP contribution in [0, 0.1) is 0 Å². The van der Waals surface area contributed by atoms with Gasteiger partial charge in [0.2, 0.25) is 0 Å². The molecule has 0 spiro atoms. The minimum Gasteiger partial charge on any atom is -0.306 e. The van der Waals surface area contributed by atoms with E-state index >= 15 is 0 Å². The van der Waals surface area contributed by atoms with E-state index in [1.807, 2.05) is 36.5 Å². The van der Waals surface area contributed by atoms with Crippen LogP contribution >= 0.6 is 0 Å². The van der Waals surface area contributed by atoms with Gasteiger partial charge in [-0.3, -0.25) is 4.99 Å². The molecule has 1 atom stereocenters. The average molecular weight is 212 g/mol. The molecule has 1 aromatic carbocycles. The van der Waals surface area contributed by atoms with Crippen LogP contribution in [0.3, 0.4) is 0 Å². The Morgan fingerprint density at radius 1 is 1.19 bits per heavy atom. The Labute approximate surface area is 96.2 Å². The predicted molar refractivity (Wildman–Crippen MR) is 68.5 cm³/mol. The van der Waals surface area contributed by atoms with Gasteiger partial charge in [0.1, 0.15) is 6.17 Å². The lowest BCUT2D eigenvalue weighted by Gasteiger charge is -2.10. The molecule has 1 aliphatic rings. The van der Waals surface area contributed by atoms with E-state index in [-0.39, 0.29) is 6.17 Å². The maximum atomic E-state index is 5.98. The largest absolute Gasteiger partial charge is 0.306 e. The first-order valence-electron chi connectivity index (χ1n) is 5.56. The second kappa shape index (κ2) is 5.42. The van der Waals surface area contributed by atoms with Gasteiger partial charge < -0.3 is 5.73 Å². The molecule has 0 fully saturated rings. The fraction of sp³-hybridized carbons (Fsp3) is 0.214. The van der Waals surface area contributed by atoms with E-state index < -0.39 is 0 Å². The molecule has 0 bridgehead atoms. The van der Waals surface area contributed by atoms with E-state index in [0.717, 1.165) is 24.0 Å². The SMILES string of the molecule is NC(N=Cc1ccccc1)C1=CCCC=C1. The highest BCUT2D eigenvalue weighted by Gasteiger charge is 2.05. The van der Waals surface area contributed by atoms with Crippen LogP contribution < -0.4 is 5.73 Å². The van der Waals surface area contributed by atoms with Crippen LogP contribution in [-0.4, -0.2) is 12.4 Å². The van der Waals surface area contributed by atoms with Crippen molar-refractivity contribution in [1.29, 1.82) is 0 Å². The number of nitrogens with zero attached hydrogens (tertiary/aromatic N) is 1. The van der Waals surface area contributed by atoms with Crippen molar-refractivity contribution in [3.63, 3.8) is 0 Å². The summed E-state index contributed by atoms with van der Waals surface area (Å²) in [6.07, 6.45) is 10.1. The third-order valence-electron chi connectivity index (χ3n) is 2.55. The quantitative estimate of drug-likeness (QED) is 0.768. The Bertz CT molecular complexity index is 416. The van der Waals surface area contributed by atoms with Crippen molar-refractivity contribution in [2.75, 3.05) is 0 Å². The van der Waals surface area contributed by atoms with Crippen LogP contribution in [-0.2, 0) is 0 Å². The molecule has 2 heteroatoms. The van der Waals surface area contributed by atoms with E-state index in [2.05, 4.69) is 23.2 Å². The smallest absolute Gasteiger partial charge is 0.122 e. The van der Waals surface area contributed by atoms with Gasteiger partial charge >= 0.3 is 0 Å². The summed E-state index contributed by atoms with van der Waals surface area (Å²) in [6, 6.07) is 10.0. The molecule has 1 aliphatic carbocycles. The zero-order valence-corrected chi connectivity index (χ0v) is 9.21. The highest BCUT2D eigenvalue weighted by atomic mass is 14.9. The average Bonchev–Trinajstić information content (AvgIpc) is 2.38. The molecule has 0 saturated heterocycles. The number of aliphatic imine (C=N–C) groups is 1. The number of rotatable bonds is 3. The minimum atomic E-state index is -0.239. The van der Waals surface area contributed by atoms with Gasteiger partial charge in [0, 0.05) is 6.21 Å². The first-order chi connectivity index (χ1) is 7.86. The summed E-state index contributed by atoms with van der Waals surface area (Å²) in [4.78, 5) is 4.35.